The van der Waals surface area contributed by atoms with Crippen LogP contribution in [0, 0.1) is 0 Å². The Bertz CT molecular complexity index is 208. The van der Waals surface area contributed by atoms with Crippen molar-refractivity contribution >= 4 is 5.97 Å². The van der Waals surface area contributed by atoms with Gasteiger partial charge in [0, 0.05) is 13.2 Å². The second-order valence-corrected chi connectivity index (χ2v) is 4.32. The Morgan fingerprint density at radius 3 is 2.88 bits per heavy atom. The van der Waals surface area contributed by atoms with Gasteiger partial charge in [0.15, 0.2) is 0 Å². The molecule has 1 aliphatic rings. The minimum Gasteiger partial charge on any atom is -0.465 e. The molecule has 0 saturated heterocycles. The molecule has 1 aliphatic carbocycles. The zero-order chi connectivity index (χ0) is 11.8. The van der Waals surface area contributed by atoms with Gasteiger partial charge in [0.25, 0.3) is 0 Å². The summed E-state index contributed by atoms with van der Waals surface area (Å²) >= 11 is 0. The molecule has 1 N–H and O–H groups in total. The molecule has 4 heteroatoms. The number of nitrogens with one attached hydrogen (secondary N) is 1. The third kappa shape index (κ3) is 4.94. The summed E-state index contributed by atoms with van der Waals surface area (Å²) in [5.41, 5.74) is 0. The van der Waals surface area contributed by atoms with Gasteiger partial charge in [-0.1, -0.05) is 13.3 Å². The maximum absolute atomic E-state index is 11.3. The molecule has 0 aromatic heterocycles. The van der Waals surface area contributed by atoms with E-state index in [1.54, 1.807) is 7.11 Å². The van der Waals surface area contributed by atoms with Crippen LogP contribution in [0.2, 0.25) is 0 Å². The lowest BCUT2D eigenvalue weighted by Crippen LogP contribution is -2.33. The predicted octanol–water partition coefficient (Wildman–Crippen LogP) is 1.49. The minimum absolute atomic E-state index is 0.144. The third-order valence-corrected chi connectivity index (χ3v) is 3.01. The van der Waals surface area contributed by atoms with E-state index in [1.165, 1.54) is 0 Å². The molecule has 94 valence electrons. The minimum atomic E-state index is -0.144. The van der Waals surface area contributed by atoms with E-state index in [-0.39, 0.29) is 5.97 Å². The first-order valence-electron chi connectivity index (χ1n) is 6.18. The monoisotopic (exact) mass is 229 g/mol. The molecule has 0 heterocycles. The smallest absolute Gasteiger partial charge is 0.319 e. The lowest BCUT2D eigenvalue weighted by molar-refractivity contribution is -0.142. The summed E-state index contributed by atoms with van der Waals surface area (Å²) in [5, 5.41) is 3.22. The summed E-state index contributed by atoms with van der Waals surface area (Å²) < 4.78 is 10.3. The number of hydrogen-bond donors (Lipinski definition) is 1. The second kappa shape index (κ2) is 7.63. The van der Waals surface area contributed by atoms with Crippen molar-refractivity contribution < 1.29 is 14.3 Å². The molecule has 0 amide bonds. The van der Waals surface area contributed by atoms with Gasteiger partial charge in [-0.05, 0) is 25.7 Å². The molecular formula is C12H23NO3. The van der Waals surface area contributed by atoms with E-state index >= 15 is 0 Å². The van der Waals surface area contributed by atoms with Crippen LogP contribution in [0.4, 0.5) is 0 Å². The summed E-state index contributed by atoms with van der Waals surface area (Å²) in [6, 6.07) is 0.406. The largest absolute Gasteiger partial charge is 0.465 e. The average molecular weight is 229 g/mol. The number of hydrogen-bond acceptors (Lipinski definition) is 4. The number of esters is 1. The zero-order valence-electron chi connectivity index (χ0n) is 10.3. The fraction of sp³-hybridized carbons (Fsp3) is 0.917. The molecule has 0 aromatic rings. The number of carbonyl (C=O) groups is 1. The fourth-order valence-electron chi connectivity index (χ4n) is 1.95. The van der Waals surface area contributed by atoms with Crippen LogP contribution < -0.4 is 5.32 Å². The molecule has 0 aliphatic heterocycles. The van der Waals surface area contributed by atoms with Gasteiger partial charge in [0.1, 0.15) is 0 Å². The quantitative estimate of drug-likeness (QED) is 0.531. The van der Waals surface area contributed by atoms with Crippen molar-refractivity contribution in [2.75, 3.05) is 20.3 Å². The first kappa shape index (κ1) is 13.5. The van der Waals surface area contributed by atoms with Gasteiger partial charge in [-0.25, -0.2) is 0 Å². The van der Waals surface area contributed by atoms with Crippen LogP contribution in [0.1, 0.15) is 39.0 Å². The first-order valence-corrected chi connectivity index (χ1v) is 6.18. The van der Waals surface area contributed by atoms with Crippen LogP contribution in [0.5, 0.6) is 0 Å². The molecule has 4 nitrogen and oxygen atoms in total. The van der Waals surface area contributed by atoms with Crippen LogP contribution in [-0.4, -0.2) is 38.4 Å². The fourth-order valence-corrected chi connectivity index (χ4v) is 1.95. The number of rotatable bonds is 7. The summed E-state index contributed by atoms with van der Waals surface area (Å²) in [5.74, 6) is -0.144. The van der Waals surface area contributed by atoms with E-state index in [1.807, 2.05) is 0 Å². The first-order chi connectivity index (χ1) is 7.76. The van der Waals surface area contributed by atoms with E-state index in [0.29, 0.717) is 25.3 Å². The Labute approximate surface area is 97.7 Å². The van der Waals surface area contributed by atoms with Gasteiger partial charge in [-0.15, -0.1) is 0 Å². The van der Waals surface area contributed by atoms with Crippen LogP contribution in [0.25, 0.3) is 0 Å². The Hall–Kier alpha value is -0.610. The molecule has 0 radical (unpaired) electrons. The number of ether oxygens (including phenoxy) is 2. The molecule has 2 atom stereocenters. The van der Waals surface area contributed by atoms with Crippen LogP contribution in [0.3, 0.4) is 0 Å². The van der Waals surface area contributed by atoms with Crippen molar-refractivity contribution in [2.24, 2.45) is 0 Å². The van der Waals surface area contributed by atoms with Gasteiger partial charge in [0.2, 0.25) is 0 Å². The highest BCUT2D eigenvalue weighted by Gasteiger charge is 2.24. The summed E-state index contributed by atoms with van der Waals surface area (Å²) in [7, 11) is 1.74. The van der Waals surface area contributed by atoms with Gasteiger partial charge in [-0.3, -0.25) is 4.79 Å². The average Bonchev–Trinajstić information content (AvgIpc) is 2.74. The molecule has 1 rings (SSSR count). The normalized spacial score (nSPS) is 24.6. The highest BCUT2D eigenvalue weighted by molar-refractivity contribution is 5.71. The predicted molar refractivity (Wildman–Crippen MR) is 62.3 cm³/mol. The van der Waals surface area contributed by atoms with E-state index in [2.05, 4.69) is 12.2 Å². The highest BCUT2D eigenvalue weighted by Crippen LogP contribution is 2.20. The molecule has 16 heavy (non-hydrogen) atoms. The van der Waals surface area contributed by atoms with Crippen molar-refractivity contribution in [3.63, 3.8) is 0 Å². The van der Waals surface area contributed by atoms with E-state index in [0.717, 1.165) is 32.1 Å². The Kier molecular flexibility index (Phi) is 6.42. The second-order valence-electron chi connectivity index (χ2n) is 4.32. The third-order valence-electron chi connectivity index (χ3n) is 3.01. The Morgan fingerprint density at radius 2 is 2.25 bits per heavy atom. The molecule has 1 saturated carbocycles. The number of methoxy groups -OCH3 is 1. The molecule has 0 aromatic carbocycles. The van der Waals surface area contributed by atoms with Crippen LogP contribution in [0.15, 0.2) is 0 Å². The van der Waals surface area contributed by atoms with E-state index in [9.17, 15) is 4.79 Å². The van der Waals surface area contributed by atoms with Crippen LogP contribution in [-0.2, 0) is 14.3 Å². The summed E-state index contributed by atoms with van der Waals surface area (Å²) in [6.45, 7) is 2.95. The molecule has 2 unspecified atom stereocenters. The van der Waals surface area contributed by atoms with Crippen LogP contribution >= 0.6 is 0 Å². The van der Waals surface area contributed by atoms with Gasteiger partial charge in [-0.2, -0.15) is 0 Å². The Balaban J connectivity index is 2.04. The SMILES string of the molecule is CCCCOC(=O)CNC1CCC(OC)C1. The molecule has 1 fully saturated rings. The summed E-state index contributed by atoms with van der Waals surface area (Å²) in [6.07, 6.45) is 5.52. The van der Waals surface area contributed by atoms with Gasteiger partial charge in [0.05, 0.1) is 19.3 Å². The molecule has 0 bridgehead atoms. The summed E-state index contributed by atoms with van der Waals surface area (Å²) in [4.78, 5) is 11.3. The Morgan fingerprint density at radius 1 is 1.44 bits per heavy atom. The lowest BCUT2D eigenvalue weighted by Gasteiger charge is -2.12. The zero-order valence-corrected chi connectivity index (χ0v) is 10.3. The number of unbranched alkanes of at least 4 members (excludes halogenated alkanes) is 1. The molecule has 0 spiro atoms. The van der Waals surface area contributed by atoms with Crippen molar-refractivity contribution in [1.29, 1.82) is 0 Å². The maximum Gasteiger partial charge on any atom is 0.319 e. The van der Waals surface area contributed by atoms with Gasteiger partial charge >= 0.3 is 5.97 Å². The maximum atomic E-state index is 11.3. The molecular weight excluding hydrogens is 206 g/mol. The van der Waals surface area contributed by atoms with Crippen molar-refractivity contribution in [1.82, 2.24) is 5.32 Å². The van der Waals surface area contributed by atoms with E-state index in [4.69, 9.17) is 9.47 Å². The van der Waals surface area contributed by atoms with E-state index < -0.39 is 0 Å². The lowest BCUT2D eigenvalue weighted by atomic mass is 10.2. The van der Waals surface area contributed by atoms with Crippen molar-refractivity contribution in [2.45, 2.75) is 51.2 Å². The standard InChI is InChI=1S/C12H23NO3/c1-3-4-7-16-12(14)9-13-10-5-6-11(8-10)15-2/h10-11,13H,3-9H2,1-2H3. The number of carbonyl (C=O) groups excluding carboxylic acids is 1. The van der Waals surface area contributed by atoms with Gasteiger partial charge < -0.3 is 14.8 Å². The topological polar surface area (TPSA) is 47.6 Å². The highest BCUT2D eigenvalue weighted by atomic mass is 16.5. The van der Waals surface area contributed by atoms with Crippen molar-refractivity contribution in [3.8, 4) is 0 Å². The van der Waals surface area contributed by atoms with Crippen molar-refractivity contribution in [3.05, 3.63) is 0 Å².